The third kappa shape index (κ3) is 3.02. The zero-order valence-electron chi connectivity index (χ0n) is 12.3. The monoisotopic (exact) mass is 260 g/mol. The molecule has 0 amide bonds. The highest BCUT2D eigenvalue weighted by Gasteiger charge is 2.48. The standard InChI is InChI=1S/C8H6O.C7H15BO2/c1-2-4-8-7(3-1)5-6-9-8;1-6(2)7(3,4)10-8(5)9-6/h1-6H;1-5H3. The molecule has 3 nitrogen and oxygen atoms in total. The maximum Gasteiger partial charge on any atom is 0.454 e. The molecule has 19 heavy (non-hydrogen) atoms. The van der Waals surface area contributed by atoms with E-state index in [0.717, 1.165) is 11.0 Å². The van der Waals surface area contributed by atoms with E-state index in [0.29, 0.717) is 0 Å². The van der Waals surface area contributed by atoms with Gasteiger partial charge >= 0.3 is 7.12 Å². The molecule has 2 aromatic rings. The molecule has 0 N–H and O–H groups in total. The number of benzene rings is 1. The van der Waals surface area contributed by atoms with Crippen LogP contribution in [0.15, 0.2) is 41.0 Å². The van der Waals surface area contributed by atoms with Crippen LogP contribution < -0.4 is 0 Å². The first kappa shape index (κ1) is 14.2. The molecular formula is C15H21BO3. The minimum atomic E-state index is -0.160. The lowest BCUT2D eigenvalue weighted by molar-refractivity contribution is 0.00578. The maximum absolute atomic E-state index is 5.54. The first-order chi connectivity index (χ1) is 8.82. The van der Waals surface area contributed by atoms with Crippen LogP contribution in [0.25, 0.3) is 11.0 Å². The number of rotatable bonds is 0. The number of furan rings is 1. The molecule has 1 fully saturated rings. The van der Waals surface area contributed by atoms with E-state index in [2.05, 4.69) is 27.7 Å². The van der Waals surface area contributed by atoms with Gasteiger partial charge in [0.2, 0.25) is 0 Å². The average Bonchev–Trinajstić information content (AvgIpc) is 2.81. The molecule has 1 saturated heterocycles. The van der Waals surface area contributed by atoms with Crippen molar-refractivity contribution < 1.29 is 13.7 Å². The van der Waals surface area contributed by atoms with Gasteiger partial charge in [0.25, 0.3) is 0 Å². The molecule has 0 atom stereocenters. The second-order valence-corrected chi connectivity index (χ2v) is 5.78. The van der Waals surface area contributed by atoms with E-state index in [-0.39, 0.29) is 18.3 Å². The summed E-state index contributed by atoms with van der Waals surface area (Å²) in [5, 5.41) is 1.16. The van der Waals surface area contributed by atoms with Crippen LogP contribution in [-0.2, 0) is 9.31 Å². The smallest absolute Gasteiger partial charge is 0.454 e. The molecule has 2 heterocycles. The zero-order valence-corrected chi connectivity index (χ0v) is 12.3. The van der Waals surface area contributed by atoms with Crippen molar-refractivity contribution in [3.8, 4) is 0 Å². The number of para-hydroxylation sites is 1. The van der Waals surface area contributed by atoms with Crippen LogP contribution in [-0.4, -0.2) is 18.3 Å². The summed E-state index contributed by atoms with van der Waals surface area (Å²) in [4.78, 5) is 0. The third-order valence-electron chi connectivity index (χ3n) is 3.73. The highest BCUT2D eigenvalue weighted by atomic mass is 16.7. The van der Waals surface area contributed by atoms with E-state index < -0.39 is 0 Å². The lowest BCUT2D eigenvalue weighted by Crippen LogP contribution is -2.41. The zero-order chi connectivity index (χ0) is 14.1. The van der Waals surface area contributed by atoms with Crippen molar-refractivity contribution in [1.29, 1.82) is 0 Å². The fraction of sp³-hybridized carbons (Fsp3) is 0.467. The largest absolute Gasteiger partial charge is 0.464 e. The van der Waals surface area contributed by atoms with E-state index in [1.807, 2.05) is 37.2 Å². The minimum Gasteiger partial charge on any atom is -0.464 e. The Kier molecular flexibility index (Phi) is 3.74. The fourth-order valence-corrected chi connectivity index (χ4v) is 2.04. The lowest BCUT2D eigenvalue weighted by Gasteiger charge is -2.32. The molecule has 1 aliphatic rings. The minimum absolute atomic E-state index is 0.0648. The molecule has 3 rings (SSSR count). The Morgan fingerprint density at radius 2 is 1.47 bits per heavy atom. The van der Waals surface area contributed by atoms with Crippen molar-refractivity contribution in [3.63, 3.8) is 0 Å². The van der Waals surface area contributed by atoms with Gasteiger partial charge in [-0.25, -0.2) is 0 Å². The second kappa shape index (κ2) is 5.02. The summed E-state index contributed by atoms with van der Waals surface area (Å²) in [5.74, 6) is 0. The average molecular weight is 260 g/mol. The fourth-order valence-electron chi connectivity index (χ4n) is 2.04. The summed E-state index contributed by atoms with van der Waals surface area (Å²) in [6.45, 7) is 10.1. The topological polar surface area (TPSA) is 31.6 Å². The van der Waals surface area contributed by atoms with Gasteiger partial charge in [-0.15, -0.1) is 0 Å². The third-order valence-corrected chi connectivity index (χ3v) is 3.73. The van der Waals surface area contributed by atoms with Crippen LogP contribution in [0.5, 0.6) is 0 Å². The van der Waals surface area contributed by atoms with Crippen molar-refractivity contribution in [2.24, 2.45) is 0 Å². The van der Waals surface area contributed by atoms with Gasteiger partial charge in [0.15, 0.2) is 0 Å². The quantitative estimate of drug-likeness (QED) is 0.667. The van der Waals surface area contributed by atoms with Crippen molar-refractivity contribution in [2.45, 2.75) is 45.7 Å². The van der Waals surface area contributed by atoms with Crippen molar-refractivity contribution in [2.75, 3.05) is 0 Å². The molecule has 102 valence electrons. The van der Waals surface area contributed by atoms with Crippen LogP contribution in [0.1, 0.15) is 27.7 Å². The first-order valence-electron chi connectivity index (χ1n) is 6.60. The Labute approximate surface area is 115 Å². The first-order valence-corrected chi connectivity index (χ1v) is 6.60. The van der Waals surface area contributed by atoms with Gasteiger partial charge in [-0.2, -0.15) is 0 Å². The van der Waals surface area contributed by atoms with Crippen molar-refractivity contribution >= 4 is 18.1 Å². The predicted molar refractivity (Wildman–Crippen MR) is 78.2 cm³/mol. The number of hydrogen-bond donors (Lipinski definition) is 0. The van der Waals surface area contributed by atoms with Crippen LogP contribution >= 0.6 is 0 Å². The highest BCUT2D eigenvalue weighted by Crippen LogP contribution is 2.36. The number of hydrogen-bond acceptors (Lipinski definition) is 3. The summed E-state index contributed by atoms with van der Waals surface area (Å²) in [7, 11) is -0.0648. The van der Waals surface area contributed by atoms with Gasteiger partial charge in [0.1, 0.15) is 5.58 Å². The molecular weight excluding hydrogens is 239 g/mol. The van der Waals surface area contributed by atoms with Gasteiger partial charge in [0, 0.05) is 5.39 Å². The molecule has 0 spiro atoms. The molecule has 0 aliphatic carbocycles. The Balaban J connectivity index is 0.000000141. The van der Waals surface area contributed by atoms with E-state index >= 15 is 0 Å². The van der Waals surface area contributed by atoms with E-state index in [9.17, 15) is 0 Å². The van der Waals surface area contributed by atoms with E-state index in [1.54, 1.807) is 6.26 Å². The summed E-state index contributed by atoms with van der Waals surface area (Å²) >= 11 is 0. The van der Waals surface area contributed by atoms with Crippen LogP contribution in [0, 0.1) is 0 Å². The molecule has 0 saturated carbocycles. The van der Waals surface area contributed by atoms with Gasteiger partial charge in [-0.1, -0.05) is 18.2 Å². The van der Waals surface area contributed by atoms with Gasteiger partial charge in [-0.3, -0.25) is 0 Å². The normalized spacial score (nSPS) is 20.2. The number of fused-ring (bicyclic) bond motifs is 1. The SMILES string of the molecule is CB1OC(C)(C)C(C)(C)O1.c1ccc2occc2c1. The summed E-state index contributed by atoms with van der Waals surface area (Å²) in [5.41, 5.74) is 0.635. The summed E-state index contributed by atoms with van der Waals surface area (Å²) in [6.07, 6.45) is 1.70. The summed E-state index contributed by atoms with van der Waals surface area (Å²) < 4.78 is 16.2. The van der Waals surface area contributed by atoms with E-state index in [1.165, 1.54) is 0 Å². The molecule has 1 aromatic carbocycles. The molecule has 0 unspecified atom stereocenters. The second-order valence-electron chi connectivity index (χ2n) is 5.78. The summed E-state index contributed by atoms with van der Waals surface area (Å²) in [6, 6.07) is 9.90. The van der Waals surface area contributed by atoms with E-state index in [4.69, 9.17) is 13.7 Å². The molecule has 1 aromatic heterocycles. The Hall–Kier alpha value is -1.26. The molecule has 4 heteroatoms. The Bertz CT molecular complexity index is 499. The molecule has 1 aliphatic heterocycles. The highest BCUT2D eigenvalue weighted by molar-refractivity contribution is 6.43. The van der Waals surface area contributed by atoms with Gasteiger partial charge in [0.05, 0.1) is 17.5 Å². The lowest BCUT2D eigenvalue weighted by atomic mass is 9.90. The predicted octanol–water partition coefficient (Wildman–Crippen LogP) is 4.14. The Morgan fingerprint density at radius 1 is 0.895 bits per heavy atom. The maximum atomic E-state index is 5.54. The van der Waals surface area contributed by atoms with Gasteiger partial charge < -0.3 is 13.7 Å². The van der Waals surface area contributed by atoms with Crippen LogP contribution in [0.3, 0.4) is 0 Å². The van der Waals surface area contributed by atoms with Crippen LogP contribution in [0.4, 0.5) is 0 Å². The molecule has 0 bridgehead atoms. The van der Waals surface area contributed by atoms with Crippen molar-refractivity contribution in [3.05, 3.63) is 36.6 Å². The molecule has 0 radical (unpaired) electrons. The van der Waals surface area contributed by atoms with Crippen molar-refractivity contribution in [1.82, 2.24) is 0 Å². The Morgan fingerprint density at radius 3 is 1.95 bits per heavy atom. The van der Waals surface area contributed by atoms with Crippen LogP contribution in [0.2, 0.25) is 6.82 Å². The van der Waals surface area contributed by atoms with Gasteiger partial charge in [-0.05, 0) is 46.7 Å².